The van der Waals surface area contributed by atoms with Crippen LogP contribution in [0, 0.1) is 5.92 Å². The summed E-state index contributed by atoms with van der Waals surface area (Å²) in [5.41, 5.74) is 1.72. The van der Waals surface area contributed by atoms with Crippen molar-refractivity contribution in [3.8, 4) is 11.5 Å². The van der Waals surface area contributed by atoms with Gasteiger partial charge in [0.1, 0.15) is 11.5 Å². The molecule has 1 aliphatic heterocycles. The van der Waals surface area contributed by atoms with Gasteiger partial charge in [0, 0.05) is 24.2 Å². The Balaban J connectivity index is 1.66. The van der Waals surface area contributed by atoms with E-state index in [1.54, 1.807) is 32.4 Å². The van der Waals surface area contributed by atoms with Gasteiger partial charge in [-0.25, -0.2) is 0 Å². The summed E-state index contributed by atoms with van der Waals surface area (Å²) in [6, 6.07) is 13.2. The Morgan fingerprint density at radius 1 is 1.22 bits per heavy atom. The van der Waals surface area contributed by atoms with Crippen molar-refractivity contribution >= 4 is 23.2 Å². The molecule has 0 bridgehead atoms. The van der Waals surface area contributed by atoms with Crippen LogP contribution in [0.4, 0.5) is 5.69 Å². The second kappa shape index (κ2) is 9.11. The average Bonchev–Trinajstić information content (AvgIpc) is 2.70. The summed E-state index contributed by atoms with van der Waals surface area (Å²) in [6.07, 6.45) is 1.86. The van der Waals surface area contributed by atoms with Crippen LogP contribution in [-0.4, -0.2) is 38.1 Å². The van der Waals surface area contributed by atoms with Gasteiger partial charge in [-0.3, -0.25) is 9.69 Å². The monoisotopic (exact) mass is 388 g/mol. The van der Waals surface area contributed by atoms with Crippen molar-refractivity contribution in [1.29, 1.82) is 0 Å². The molecule has 1 aliphatic rings. The van der Waals surface area contributed by atoms with E-state index < -0.39 is 0 Å². The molecule has 5 nitrogen and oxygen atoms in total. The van der Waals surface area contributed by atoms with Crippen LogP contribution in [0.25, 0.3) is 0 Å². The lowest BCUT2D eigenvalue weighted by Crippen LogP contribution is -2.40. The van der Waals surface area contributed by atoms with Crippen LogP contribution < -0.4 is 14.8 Å². The molecule has 0 aliphatic carbocycles. The summed E-state index contributed by atoms with van der Waals surface area (Å²) >= 11 is 6.28. The minimum absolute atomic E-state index is 0.00501. The molecule has 1 amide bonds. The quantitative estimate of drug-likeness (QED) is 0.805. The molecule has 3 rings (SSSR count). The first-order valence-electron chi connectivity index (χ1n) is 9.09. The zero-order chi connectivity index (χ0) is 19.2. The van der Waals surface area contributed by atoms with Crippen molar-refractivity contribution in [1.82, 2.24) is 4.90 Å². The first-order valence-corrected chi connectivity index (χ1v) is 9.47. The number of nitrogens with zero attached hydrogens (tertiary/aromatic N) is 1. The summed E-state index contributed by atoms with van der Waals surface area (Å²) in [6.45, 7) is 2.44. The van der Waals surface area contributed by atoms with Gasteiger partial charge in [0.15, 0.2) is 0 Å². The van der Waals surface area contributed by atoms with E-state index in [0.717, 1.165) is 36.5 Å². The van der Waals surface area contributed by atoms with Crippen molar-refractivity contribution in [3.63, 3.8) is 0 Å². The number of carbonyl (C=O) groups is 1. The van der Waals surface area contributed by atoms with E-state index >= 15 is 0 Å². The third kappa shape index (κ3) is 4.93. The second-order valence-corrected chi connectivity index (χ2v) is 7.13. The molecule has 1 atom stereocenters. The molecular weight excluding hydrogens is 364 g/mol. The third-order valence-corrected chi connectivity index (χ3v) is 5.26. The number of halogens is 1. The Morgan fingerprint density at radius 3 is 2.78 bits per heavy atom. The maximum atomic E-state index is 12.8. The fourth-order valence-electron chi connectivity index (χ4n) is 3.43. The average molecular weight is 389 g/mol. The Bertz CT molecular complexity index is 797. The summed E-state index contributed by atoms with van der Waals surface area (Å²) in [4.78, 5) is 15.1. The Morgan fingerprint density at radius 2 is 2.04 bits per heavy atom. The smallest absolute Gasteiger partial charge is 0.228 e. The Kier molecular flexibility index (Phi) is 6.58. The standard InChI is InChI=1S/C21H25ClN2O3/c1-26-17-9-10-20(27-2)19(12-17)23-21(25)16-7-5-11-24(14-16)13-15-6-3-4-8-18(15)22/h3-4,6,8-10,12,16H,5,7,11,13-14H2,1-2H3,(H,23,25)/t16-/m0/s1. The number of hydrogen-bond acceptors (Lipinski definition) is 4. The maximum Gasteiger partial charge on any atom is 0.228 e. The number of benzene rings is 2. The largest absolute Gasteiger partial charge is 0.497 e. The molecule has 0 radical (unpaired) electrons. The molecule has 1 heterocycles. The minimum atomic E-state index is -0.0721. The van der Waals surface area contributed by atoms with Gasteiger partial charge in [0.25, 0.3) is 0 Å². The molecule has 1 N–H and O–H groups in total. The van der Waals surface area contributed by atoms with Crippen LogP contribution in [0.2, 0.25) is 5.02 Å². The molecule has 6 heteroatoms. The fraction of sp³-hybridized carbons (Fsp3) is 0.381. The number of carbonyl (C=O) groups excluding carboxylic acids is 1. The SMILES string of the molecule is COc1ccc(OC)c(NC(=O)[C@H]2CCCN(Cc3ccccc3Cl)C2)c1. The number of ether oxygens (including phenoxy) is 2. The minimum Gasteiger partial charge on any atom is -0.497 e. The van der Waals surface area contributed by atoms with Gasteiger partial charge in [0.05, 0.1) is 25.8 Å². The molecule has 0 aromatic heterocycles. The molecule has 27 heavy (non-hydrogen) atoms. The number of amides is 1. The van der Waals surface area contributed by atoms with Crippen molar-refractivity contribution < 1.29 is 14.3 Å². The first kappa shape index (κ1) is 19.5. The summed E-state index contributed by atoms with van der Waals surface area (Å²) in [5.74, 6) is 1.23. The third-order valence-electron chi connectivity index (χ3n) is 4.89. The van der Waals surface area contributed by atoms with Crippen LogP contribution in [0.5, 0.6) is 11.5 Å². The number of piperidine rings is 1. The number of anilines is 1. The van der Waals surface area contributed by atoms with Gasteiger partial charge in [-0.05, 0) is 43.1 Å². The van der Waals surface area contributed by atoms with Crippen LogP contribution >= 0.6 is 11.6 Å². The lowest BCUT2D eigenvalue weighted by Gasteiger charge is -2.32. The number of hydrogen-bond donors (Lipinski definition) is 1. The van der Waals surface area contributed by atoms with E-state index in [0.29, 0.717) is 23.7 Å². The van der Waals surface area contributed by atoms with E-state index in [-0.39, 0.29) is 11.8 Å². The molecule has 2 aromatic carbocycles. The fourth-order valence-corrected chi connectivity index (χ4v) is 3.62. The van der Waals surface area contributed by atoms with Gasteiger partial charge in [-0.1, -0.05) is 29.8 Å². The molecule has 0 saturated carbocycles. The van der Waals surface area contributed by atoms with Crippen LogP contribution in [0.1, 0.15) is 18.4 Å². The first-order chi connectivity index (χ1) is 13.1. The molecule has 1 fully saturated rings. The Hall–Kier alpha value is -2.24. The second-order valence-electron chi connectivity index (χ2n) is 6.72. The summed E-state index contributed by atoms with van der Waals surface area (Å²) in [7, 11) is 3.19. The zero-order valence-electron chi connectivity index (χ0n) is 15.7. The van der Waals surface area contributed by atoms with Gasteiger partial charge < -0.3 is 14.8 Å². The number of methoxy groups -OCH3 is 2. The highest BCUT2D eigenvalue weighted by molar-refractivity contribution is 6.31. The number of rotatable bonds is 6. The predicted octanol–water partition coefficient (Wildman–Crippen LogP) is 4.21. The van der Waals surface area contributed by atoms with Crippen LogP contribution in [0.3, 0.4) is 0 Å². The van der Waals surface area contributed by atoms with Crippen molar-refractivity contribution in [3.05, 3.63) is 53.1 Å². The zero-order valence-corrected chi connectivity index (χ0v) is 16.5. The van der Waals surface area contributed by atoms with Gasteiger partial charge in [-0.2, -0.15) is 0 Å². The van der Waals surface area contributed by atoms with Crippen LogP contribution in [-0.2, 0) is 11.3 Å². The van der Waals surface area contributed by atoms with E-state index in [9.17, 15) is 4.79 Å². The van der Waals surface area contributed by atoms with Crippen molar-refractivity contribution in [2.45, 2.75) is 19.4 Å². The topological polar surface area (TPSA) is 50.8 Å². The van der Waals surface area contributed by atoms with Crippen molar-refractivity contribution in [2.75, 3.05) is 32.6 Å². The molecule has 144 valence electrons. The van der Waals surface area contributed by atoms with Crippen molar-refractivity contribution in [2.24, 2.45) is 5.92 Å². The molecular formula is C21H25ClN2O3. The van der Waals surface area contributed by atoms with E-state index in [2.05, 4.69) is 10.2 Å². The van der Waals surface area contributed by atoms with Crippen LogP contribution in [0.15, 0.2) is 42.5 Å². The van der Waals surface area contributed by atoms with E-state index in [1.165, 1.54) is 0 Å². The summed E-state index contributed by atoms with van der Waals surface area (Å²) < 4.78 is 10.6. The highest BCUT2D eigenvalue weighted by atomic mass is 35.5. The molecule has 0 unspecified atom stereocenters. The summed E-state index contributed by atoms with van der Waals surface area (Å²) in [5, 5.41) is 3.77. The van der Waals surface area contributed by atoms with Gasteiger partial charge >= 0.3 is 0 Å². The molecule has 1 saturated heterocycles. The number of likely N-dealkylation sites (tertiary alicyclic amines) is 1. The van der Waals surface area contributed by atoms with E-state index in [1.807, 2.05) is 24.3 Å². The molecule has 2 aromatic rings. The maximum absolute atomic E-state index is 12.8. The highest BCUT2D eigenvalue weighted by Gasteiger charge is 2.26. The highest BCUT2D eigenvalue weighted by Crippen LogP contribution is 2.30. The normalized spacial score (nSPS) is 17.4. The van der Waals surface area contributed by atoms with E-state index in [4.69, 9.17) is 21.1 Å². The molecule has 0 spiro atoms. The lowest BCUT2D eigenvalue weighted by atomic mass is 9.96. The lowest BCUT2D eigenvalue weighted by molar-refractivity contribution is -0.121. The van der Waals surface area contributed by atoms with Gasteiger partial charge in [0.2, 0.25) is 5.91 Å². The number of nitrogens with one attached hydrogen (secondary N) is 1. The van der Waals surface area contributed by atoms with Gasteiger partial charge in [-0.15, -0.1) is 0 Å². The Labute approximate surface area is 165 Å². The predicted molar refractivity (Wildman–Crippen MR) is 108 cm³/mol.